The van der Waals surface area contributed by atoms with Gasteiger partial charge >= 0.3 is 12.1 Å². The molecular weight excluding hydrogens is 260 g/mol. The Hall–Kier alpha value is -1.30. The van der Waals surface area contributed by atoms with Gasteiger partial charge in [-0.1, -0.05) is 0 Å². The van der Waals surface area contributed by atoms with Crippen LogP contribution in [-0.2, 0) is 9.53 Å². The first kappa shape index (κ1) is 15.1. The number of rotatable bonds is 4. The van der Waals surface area contributed by atoms with E-state index in [-0.39, 0.29) is 18.7 Å². The van der Waals surface area contributed by atoms with Crippen molar-refractivity contribution in [1.82, 2.24) is 9.80 Å². The van der Waals surface area contributed by atoms with E-state index in [0.29, 0.717) is 19.1 Å². The smallest absolute Gasteiger partial charge is 0.410 e. The predicted molar refractivity (Wildman–Crippen MR) is 73.6 cm³/mol. The molecule has 1 aliphatic heterocycles. The summed E-state index contributed by atoms with van der Waals surface area (Å²) in [4.78, 5) is 26.7. The number of hydrogen-bond donors (Lipinski definition) is 1. The van der Waals surface area contributed by atoms with Crippen molar-refractivity contribution >= 4 is 12.1 Å². The molecule has 0 aromatic rings. The molecule has 6 nitrogen and oxygen atoms in total. The van der Waals surface area contributed by atoms with E-state index in [1.54, 1.807) is 4.90 Å². The highest BCUT2D eigenvalue weighted by molar-refractivity contribution is 5.70. The molecule has 1 atom stereocenters. The molecule has 114 valence electrons. The number of nitrogens with zero attached hydrogens (tertiary/aromatic N) is 2. The zero-order valence-corrected chi connectivity index (χ0v) is 12.5. The van der Waals surface area contributed by atoms with Crippen molar-refractivity contribution < 1.29 is 19.4 Å². The Morgan fingerprint density at radius 2 is 1.90 bits per heavy atom. The first-order valence-electron chi connectivity index (χ1n) is 7.22. The molecule has 20 heavy (non-hydrogen) atoms. The van der Waals surface area contributed by atoms with Crippen molar-refractivity contribution in [2.24, 2.45) is 0 Å². The number of likely N-dealkylation sites (tertiary alicyclic amines) is 1. The summed E-state index contributed by atoms with van der Waals surface area (Å²) in [6, 6.07) is 0.529. The molecule has 1 saturated carbocycles. The number of carbonyl (C=O) groups excluding carboxylic acids is 1. The summed E-state index contributed by atoms with van der Waals surface area (Å²) in [6.07, 6.45) is 2.65. The zero-order valence-electron chi connectivity index (χ0n) is 12.5. The minimum atomic E-state index is -0.799. The fraction of sp³-hybridized carbons (Fsp3) is 0.857. The van der Waals surface area contributed by atoms with Crippen molar-refractivity contribution in [3.8, 4) is 0 Å². The van der Waals surface area contributed by atoms with E-state index in [1.165, 1.54) is 0 Å². The van der Waals surface area contributed by atoms with Gasteiger partial charge in [-0.15, -0.1) is 0 Å². The van der Waals surface area contributed by atoms with Crippen LogP contribution in [0.25, 0.3) is 0 Å². The van der Waals surface area contributed by atoms with Gasteiger partial charge in [0.15, 0.2) is 0 Å². The highest BCUT2D eigenvalue weighted by Gasteiger charge is 2.39. The largest absolute Gasteiger partial charge is 0.480 e. The molecule has 1 amide bonds. The van der Waals surface area contributed by atoms with Crippen molar-refractivity contribution in [2.45, 2.75) is 57.7 Å². The maximum absolute atomic E-state index is 12.0. The lowest BCUT2D eigenvalue weighted by Gasteiger charge is -2.28. The van der Waals surface area contributed by atoms with Gasteiger partial charge in [-0.25, -0.2) is 4.79 Å². The van der Waals surface area contributed by atoms with Crippen LogP contribution in [0.3, 0.4) is 0 Å². The standard InChI is InChI=1S/C14H24N2O4/c1-14(2,3)20-13(19)15-7-6-11(8-15)16(9-12(17)18)10-4-5-10/h10-11H,4-9H2,1-3H3,(H,17,18)/t11-/m1/s1. The van der Waals surface area contributed by atoms with Gasteiger partial charge in [0, 0.05) is 25.2 Å². The first-order chi connectivity index (χ1) is 9.26. The van der Waals surface area contributed by atoms with E-state index < -0.39 is 11.6 Å². The van der Waals surface area contributed by atoms with Crippen LogP contribution in [0.4, 0.5) is 4.79 Å². The summed E-state index contributed by atoms with van der Waals surface area (Å²) in [5.74, 6) is -0.799. The molecule has 0 aromatic carbocycles. The van der Waals surface area contributed by atoms with Crippen molar-refractivity contribution in [3.63, 3.8) is 0 Å². The quantitative estimate of drug-likeness (QED) is 0.848. The zero-order chi connectivity index (χ0) is 14.9. The third-order valence-electron chi connectivity index (χ3n) is 3.62. The average Bonchev–Trinajstić information content (AvgIpc) is 3.00. The van der Waals surface area contributed by atoms with E-state index >= 15 is 0 Å². The second-order valence-electron chi connectivity index (χ2n) is 6.67. The van der Waals surface area contributed by atoms with Gasteiger partial charge in [-0.2, -0.15) is 0 Å². The lowest BCUT2D eigenvalue weighted by molar-refractivity contribution is -0.139. The van der Waals surface area contributed by atoms with Crippen LogP contribution in [0.5, 0.6) is 0 Å². The van der Waals surface area contributed by atoms with Crippen LogP contribution >= 0.6 is 0 Å². The minimum Gasteiger partial charge on any atom is -0.480 e. The Bertz CT molecular complexity index is 387. The van der Waals surface area contributed by atoms with E-state index in [4.69, 9.17) is 9.84 Å². The van der Waals surface area contributed by atoms with E-state index in [9.17, 15) is 9.59 Å². The Morgan fingerprint density at radius 3 is 2.40 bits per heavy atom. The molecule has 1 aliphatic carbocycles. The molecule has 2 rings (SSSR count). The molecule has 0 unspecified atom stereocenters. The number of carboxylic acid groups (broad SMARTS) is 1. The molecular formula is C14H24N2O4. The Morgan fingerprint density at radius 1 is 1.25 bits per heavy atom. The Labute approximate surface area is 119 Å². The molecule has 6 heteroatoms. The maximum Gasteiger partial charge on any atom is 0.410 e. The van der Waals surface area contributed by atoms with Gasteiger partial charge in [0.2, 0.25) is 0 Å². The molecule has 1 heterocycles. The van der Waals surface area contributed by atoms with Gasteiger partial charge in [0.1, 0.15) is 5.60 Å². The van der Waals surface area contributed by atoms with Crippen LogP contribution in [0.1, 0.15) is 40.0 Å². The van der Waals surface area contributed by atoms with Gasteiger partial charge in [-0.05, 0) is 40.0 Å². The van der Waals surface area contributed by atoms with Gasteiger partial charge in [0.25, 0.3) is 0 Å². The molecule has 2 fully saturated rings. The predicted octanol–water partition coefficient (Wildman–Crippen LogP) is 1.54. The van der Waals surface area contributed by atoms with Crippen molar-refractivity contribution in [3.05, 3.63) is 0 Å². The first-order valence-corrected chi connectivity index (χ1v) is 7.22. The number of carbonyl (C=O) groups is 2. The highest BCUT2D eigenvalue weighted by atomic mass is 16.6. The summed E-state index contributed by atoms with van der Waals surface area (Å²) in [5, 5.41) is 9.00. The van der Waals surface area contributed by atoms with Gasteiger partial charge < -0.3 is 14.7 Å². The number of hydrogen-bond acceptors (Lipinski definition) is 4. The summed E-state index contributed by atoms with van der Waals surface area (Å²) in [6.45, 7) is 6.82. The fourth-order valence-electron chi connectivity index (χ4n) is 2.62. The fourth-order valence-corrected chi connectivity index (χ4v) is 2.62. The minimum absolute atomic E-state index is 0.0670. The molecule has 1 N–H and O–H groups in total. The molecule has 0 bridgehead atoms. The van der Waals surface area contributed by atoms with Crippen LogP contribution < -0.4 is 0 Å². The number of carboxylic acids is 1. The SMILES string of the molecule is CC(C)(C)OC(=O)N1CC[C@@H](N(CC(=O)O)C2CC2)C1. The molecule has 0 spiro atoms. The number of ether oxygens (including phenoxy) is 1. The van der Waals surface area contributed by atoms with Crippen LogP contribution in [-0.4, -0.2) is 64.3 Å². The maximum atomic E-state index is 12.0. The molecule has 0 aromatic heterocycles. The topological polar surface area (TPSA) is 70.1 Å². The second-order valence-corrected chi connectivity index (χ2v) is 6.67. The van der Waals surface area contributed by atoms with E-state index in [0.717, 1.165) is 19.3 Å². The van der Waals surface area contributed by atoms with Crippen LogP contribution in [0, 0.1) is 0 Å². The normalized spacial score (nSPS) is 23.2. The molecule has 1 saturated heterocycles. The Kier molecular flexibility index (Phi) is 4.22. The van der Waals surface area contributed by atoms with Crippen LogP contribution in [0.15, 0.2) is 0 Å². The summed E-state index contributed by atoms with van der Waals surface area (Å²) in [5.41, 5.74) is -0.494. The Balaban J connectivity index is 1.90. The number of aliphatic carboxylic acids is 1. The van der Waals surface area contributed by atoms with E-state index in [2.05, 4.69) is 0 Å². The lowest BCUT2D eigenvalue weighted by atomic mass is 10.2. The summed E-state index contributed by atoms with van der Waals surface area (Å²) >= 11 is 0. The third kappa shape index (κ3) is 4.10. The highest BCUT2D eigenvalue weighted by Crippen LogP contribution is 2.31. The third-order valence-corrected chi connectivity index (χ3v) is 3.62. The summed E-state index contributed by atoms with van der Waals surface area (Å²) < 4.78 is 5.36. The number of amides is 1. The van der Waals surface area contributed by atoms with Crippen molar-refractivity contribution in [1.29, 1.82) is 0 Å². The summed E-state index contributed by atoms with van der Waals surface area (Å²) in [7, 11) is 0. The van der Waals surface area contributed by atoms with Gasteiger partial charge in [0.05, 0.1) is 6.54 Å². The molecule has 2 aliphatic rings. The average molecular weight is 284 g/mol. The van der Waals surface area contributed by atoms with Crippen molar-refractivity contribution in [2.75, 3.05) is 19.6 Å². The second kappa shape index (κ2) is 5.60. The monoisotopic (exact) mass is 284 g/mol. The van der Waals surface area contributed by atoms with Crippen LogP contribution in [0.2, 0.25) is 0 Å². The molecule has 0 radical (unpaired) electrons. The van der Waals surface area contributed by atoms with E-state index in [1.807, 2.05) is 25.7 Å². The van der Waals surface area contributed by atoms with Gasteiger partial charge in [-0.3, -0.25) is 9.69 Å². The lowest BCUT2D eigenvalue weighted by Crippen LogP contribution is -2.43.